The van der Waals surface area contributed by atoms with E-state index in [4.69, 9.17) is 0 Å². The van der Waals surface area contributed by atoms with Crippen LogP contribution in [0, 0.1) is 3.57 Å². The normalized spacial score (nSPS) is 9.94. The molecule has 86 valence electrons. The smallest absolute Gasteiger partial charge is 0.261 e. The van der Waals surface area contributed by atoms with Crippen molar-refractivity contribution in [2.24, 2.45) is 0 Å². The molecule has 1 heterocycles. The largest absolute Gasteiger partial charge is 0.367 e. The molecule has 0 saturated carbocycles. The van der Waals surface area contributed by atoms with Gasteiger partial charge in [0.15, 0.2) is 5.43 Å². The number of carbonyl (C=O) groups is 1. The third-order valence-corrected chi connectivity index (χ3v) is 2.82. The molecule has 0 bridgehead atoms. The minimum absolute atomic E-state index is 0.103. The first-order chi connectivity index (χ1) is 8.16. The fraction of sp³-hybridized carbons (Fsp3) is 0. The Labute approximate surface area is 111 Å². The van der Waals surface area contributed by atoms with Gasteiger partial charge in [-0.1, -0.05) is 6.07 Å². The summed E-state index contributed by atoms with van der Waals surface area (Å²) in [5.41, 5.74) is 0.475. The molecule has 0 fully saturated rings. The van der Waals surface area contributed by atoms with E-state index in [1.165, 1.54) is 18.5 Å². The van der Waals surface area contributed by atoms with Gasteiger partial charge in [0.05, 0.1) is 0 Å². The number of H-pyrrole nitrogens is 1. The van der Waals surface area contributed by atoms with Crippen molar-refractivity contribution in [1.29, 1.82) is 0 Å². The zero-order valence-corrected chi connectivity index (χ0v) is 10.9. The molecule has 0 aliphatic rings. The van der Waals surface area contributed by atoms with Crippen LogP contribution in [0.2, 0.25) is 0 Å². The molecule has 1 amide bonds. The Kier molecular flexibility index (Phi) is 3.58. The van der Waals surface area contributed by atoms with Crippen LogP contribution < -0.4 is 10.7 Å². The van der Waals surface area contributed by atoms with E-state index >= 15 is 0 Å². The number of aromatic nitrogens is 1. The molecule has 4 nitrogen and oxygen atoms in total. The highest BCUT2D eigenvalue weighted by molar-refractivity contribution is 14.1. The van der Waals surface area contributed by atoms with Crippen LogP contribution >= 0.6 is 22.6 Å². The second-order valence-corrected chi connectivity index (χ2v) is 4.63. The zero-order valence-electron chi connectivity index (χ0n) is 8.74. The molecule has 0 radical (unpaired) electrons. The number of benzene rings is 1. The lowest BCUT2D eigenvalue weighted by Gasteiger charge is -2.04. The lowest BCUT2D eigenvalue weighted by Crippen LogP contribution is -2.20. The quantitative estimate of drug-likeness (QED) is 0.824. The van der Waals surface area contributed by atoms with Gasteiger partial charge in [-0.05, 0) is 40.8 Å². The molecule has 2 N–H and O–H groups in total. The van der Waals surface area contributed by atoms with Crippen LogP contribution in [0.15, 0.2) is 47.5 Å². The summed E-state index contributed by atoms with van der Waals surface area (Å²) in [5, 5.41) is 2.68. The van der Waals surface area contributed by atoms with Gasteiger partial charge in [-0.3, -0.25) is 9.59 Å². The minimum Gasteiger partial charge on any atom is -0.367 e. The van der Waals surface area contributed by atoms with E-state index in [1.807, 2.05) is 18.2 Å². The lowest BCUT2D eigenvalue weighted by atomic mass is 10.2. The highest BCUT2D eigenvalue weighted by atomic mass is 127. The van der Waals surface area contributed by atoms with Crippen molar-refractivity contribution >= 4 is 34.2 Å². The van der Waals surface area contributed by atoms with Crippen molar-refractivity contribution in [2.75, 3.05) is 5.32 Å². The number of halogens is 1. The van der Waals surface area contributed by atoms with Gasteiger partial charge < -0.3 is 10.3 Å². The van der Waals surface area contributed by atoms with Crippen molar-refractivity contribution in [2.45, 2.75) is 0 Å². The summed E-state index contributed by atoms with van der Waals surface area (Å²) in [5.74, 6) is -0.408. The maximum atomic E-state index is 11.8. The SMILES string of the molecule is O=C(Nc1cccc(I)c1)c1c[nH]ccc1=O. The van der Waals surface area contributed by atoms with Crippen LogP contribution in [0.4, 0.5) is 5.69 Å². The third-order valence-electron chi connectivity index (χ3n) is 2.15. The van der Waals surface area contributed by atoms with E-state index < -0.39 is 5.91 Å². The number of carbonyl (C=O) groups excluding carboxylic acids is 1. The number of pyridine rings is 1. The molecular weight excluding hydrogens is 331 g/mol. The first kappa shape index (κ1) is 11.8. The molecular formula is C12H9IN2O2. The second kappa shape index (κ2) is 5.13. The second-order valence-electron chi connectivity index (χ2n) is 3.39. The Morgan fingerprint density at radius 1 is 1.29 bits per heavy atom. The fourth-order valence-corrected chi connectivity index (χ4v) is 1.90. The van der Waals surface area contributed by atoms with Crippen LogP contribution in [0.5, 0.6) is 0 Å². The lowest BCUT2D eigenvalue weighted by molar-refractivity contribution is 0.102. The van der Waals surface area contributed by atoms with Crippen molar-refractivity contribution < 1.29 is 4.79 Å². The molecule has 0 spiro atoms. The first-order valence-electron chi connectivity index (χ1n) is 4.91. The van der Waals surface area contributed by atoms with Crippen molar-refractivity contribution in [1.82, 2.24) is 4.98 Å². The Bertz CT molecular complexity index is 607. The number of rotatable bonds is 2. The molecule has 5 heteroatoms. The van der Waals surface area contributed by atoms with Crippen LogP contribution in [-0.4, -0.2) is 10.9 Å². The molecule has 0 unspecified atom stereocenters. The van der Waals surface area contributed by atoms with Gasteiger partial charge in [-0.2, -0.15) is 0 Å². The Morgan fingerprint density at radius 2 is 2.12 bits per heavy atom. The summed E-state index contributed by atoms with van der Waals surface area (Å²) in [6.07, 6.45) is 2.89. The number of hydrogen-bond donors (Lipinski definition) is 2. The van der Waals surface area contributed by atoms with Crippen molar-refractivity contribution in [3.63, 3.8) is 0 Å². The molecule has 2 rings (SSSR count). The summed E-state index contributed by atoms with van der Waals surface area (Å²) in [6, 6.07) is 8.69. The molecule has 0 atom stereocenters. The minimum atomic E-state index is -0.408. The highest BCUT2D eigenvalue weighted by Crippen LogP contribution is 2.12. The fourth-order valence-electron chi connectivity index (χ4n) is 1.36. The molecule has 2 aromatic rings. The predicted octanol–water partition coefficient (Wildman–Crippen LogP) is 2.23. The number of amides is 1. The summed E-state index contributed by atoms with van der Waals surface area (Å²) >= 11 is 2.15. The van der Waals surface area contributed by atoms with Crippen LogP contribution in [0.3, 0.4) is 0 Å². The van der Waals surface area contributed by atoms with Gasteiger partial charge in [0.25, 0.3) is 5.91 Å². The summed E-state index contributed by atoms with van der Waals surface area (Å²) in [4.78, 5) is 26.0. The number of hydrogen-bond acceptors (Lipinski definition) is 2. The Hall–Kier alpha value is -1.63. The van der Waals surface area contributed by atoms with Crippen LogP contribution in [0.1, 0.15) is 10.4 Å². The van der Waals surface area contributed by atoms with Gasteiger partial charge in [0.2, 0.25) is 0 Å². The van der Waals surface area contributed by atoms with Crippen molar-refractivity contribution in [3.8, 4) is 0 Å². The Morgan fingerprint density at radius 3 is 2.82 bits per heavy atom. The van der Waals surface area contributed by atoms with Gasteiger partial charge in [-0.25, -0.2) is 0 Å². The van der Waals surface area contributed by atoms with Crippen molar-refractivity contribution in [3.05, 3.63) is 62.1 Å². The third kappa shape index (κ3) is 2.94. The number of nitrogens with one attached hydrogen (secondary N) is 2. The average molecular weight is 340 g/mol. The number of aromatic amines is 1. The van der Waals surface area contributed by atoms with E-state index in [0.29, 0.717) is 5.69 Å². The van der Waals surface area contributed by atoms with Gasteiger partial charge in [-0.15, -0.1) is 0 Å². The van der Waals surface area contributed by atoms with Gasteiger partial charge in [0.1, 0.15) is 5.56 Å². The molecule has 0 saturated heterocycles. The van der Waals surface area contributed by atoms with E-state index in [-0.39, 0.29) is 11.0 Å². The summed E-state index contributed by atoms with van der Waals surface area (Å²) < 4.78 is 1.02. The predicted molar refractivity (Wildman–Crippen MR) is 74.2 cm³/mol. The monoisotopic (exact) mass is 340 g/mol. The molecule has 1 aromatic heterocycles. The number of anilines is 1. The van der Waals surface area contributed by atoms with E-state index in [9.17, 15) is 9.59 Å². The van der Waals surface area contributed by atoms with Crippen LogP contribution in [0.25, 0.3) is 0 Å². The summed E-state index contributed by atoms with van der Waals surface area (Å²) in [7, 11) is 0. The van der Waals surface area contributed by atoms with E-state index in [0.717, 1.165) is 3.57 Å². The highest BCUT2D eigenvalue weighted by Gasteiger charge is 2.09. The van der Waals surface area contributed by atoms with Gasteiger partial charge >= 0.3 is 0 Å². The standard InChI is InChI=1S/C12H9IN2O2/c13-8-2-1-3-9(6-8)15-12(17)10-7-14-5-4-11(10)16/h1-7H,(H,14,16)(H,15,17). The molecule has 1 aromatic carbocycles. The topological polar surface area (TPSA) is 62.0 Å². The van der Waals surface area contributed by atoms with E-state index in [2.05, 4.69) is 32.9 Å². The van der Waals surface area contributed by atoms with E-state index in [1.54, 1.807) is 6.07 Å². The molecule has 17 heavy (non-hydrogen) atoms. The van der Waals surface area contributed by atoms with Gasteiger partial charge in [0, 0.05) is 27.7 Å². The molecule has 0 aliphatic heterocycles. The maximum Gasteiger partial charge on any atom is 0.261 e. The zero-order chi connectivity index (χ0) is 12.3. The maximum absolute atomic E-state index is 11.8. The molecule has 0 aliphatic carbocycles. The first-order valence-corrected chi connectivity index (χ1v) is 5.99. The summed E-state index contributed by atoms with van der Waals surface area (Å²) in [6.45, 7) is 0. The Balaban J connectivity index is 2.23. The average Bonchev–Trinajstić information content (AvgIpc) is 2.29. The van der Waals surface area contributed by atoms with Crippen LogP contribution in [-0.2, 0) is 0 Å².